The number of amides is 3. The monoisotopic (exact) mass is 434 g/mol. The third-order valence-corrected chi connectivity index (χ3v) is 4.66. The first-order valence-corrected chi connectivity index (χ1v) is 10.1. The summed E-state index contributed by atoms with van der Waals surface area (Å²) in [6.45, 7) is 5.66. The van der Waals surface area contributed by atoms with E-state index in [1.54, 1.807) is 45.3 Å². The number of nitrogens with one attached hydrogen (secondary N) is 3. The second-order valence-electron chi connectivity index (χ2n) is 8.36. The van der Waals surface area contributed by atoms with Crippen LogP contribution in [0.4, 0.5) is 4.79 Å². The average Bonchev–Trinajstić information content (AvgIpc) is 3.10. The lowest BCUT2D eigenvalue weighted by Crippen LogP contribution is -2.53. The van der Waals surface area contributed by atoms with E-state index in [2.05, 4.69) is 20.9 Å². The zero-order valence-corrected chi connectivity index (χ0v) is 18.3. The van der Waals surface area contributed by atoms with Crippen molar-refractivity contribution < 1.29 is 28.7 Å². The molecule has 0 bridgehead atoms. The number of carbonyl (C=O) groups excluding carboxylic acids is 4. The van der Waals surface area contributed by atoms with Gasteiger partial charge in [-0.2, -0.15) is 0 Å². The normalized spacial score (nSPS) is 17.8. The Bertz CT molecular complexity index is 793. The van der Waals surface area contributed by atoms with E-state index < -0.39 is 41.6 Å². The smallest absolute Gasteiger partial charge is 0.408 e. The quantitative estimate of drug-likeness (QED) is 0.513. The number of alkyl carbamates (subject to hydrolysis) is 1. The van der Waals surface area contributed by atoms with Crippen LogP contribution in [0.1, 0.15) is 39.2 Å². The molecule has 0 spiro atoms. The molecule has 0 aromatic carbocycles. The van der Waals surface area contributed by atoms with Crippen LogP contribution < -0.4 is 16.0 Å². The molecule has 170 valence electrons. The van der Waals surface area contributed by atoms with Crippen molar-refractivity contribution in [1.82, 2.24) is 20.9 Å². The van der Waals surface area contributed by atoms with E-state index in [1.165, 1.54) is 7.11 Å². The van der Waals surface area contributed by atoms with E-state index >= 15 is 0 Å². The molecule has 3 N–H and O–H groups in total. The van der Waals surface area contributed by atoms with Gasteiger partial charge in [0.1, 0.15) is 17.7 Å². The van der Waals surface area contributed by atoms with Crippen LogP contribution in [0.25, 0.3) is 0 Å². The minimum atomic E-state index is -1.02. The summed E-state index contributed by atoms with van der Waals surface area (Å²) in [5.41, 5.74) is -0.0347. The predicted octanol–water partition coefficient (Wildman–Crippen LogP) is 0.701. The van der Waals surface area contributed by atoms with Crippen LogP contribution in [-0.4, -0.2) is 60.2 Å². The van der Waals surface area contributed by atoms with Crippen molar-refractivity contribution in [3.05, 3.63) is 30.1 Å². The predicted molar refractivity (Wildman–Crippen MR) is 111 cm³/mol. The van der Waals surface area contributed by atoms with Crippen LogP contribution in [0.2, 0.25) is 0 Å². The van der Waals surface area contributed by atoms with Crippen molar-refractivity contribution in [3.8, 4) is 0 Å². The van der Waals surface area contributed by atoms with Gasteiger partial charge < -0.3 is 25.4 Å². The minimum Gasteiger partial charge on any atom is -0.467 e. The number of nitrogens with zero attached hydrogens (tertiary/aromatic N) is 1. The number of carbonyl (C=O) groups is 4. The van der Waals surface area contributed by atoms with E-state index in [9.17, 15) is 19.2 Å². The fourth-order valence-corrected chi connectivity index (χ4v) is 3.20. The zero-order valence-electron chi connectivity index (χ0n) is 18.3. The first-order valence-electron chi connectivity index (χ1n) is 10.1. The molecule has 10 heteroatoms. The molecule has 0 aliphatic carbocycles. The van der Waals surface area contributed by atoms with Gasteiger partial charge in [0.05, 0.1) is 7.11 Å². The van der Waals surface area contributed by atoms with Crippen LogP contribution >= 0.6 is 0 Å². The SMILES string of the molecule is COC(=O)[C@H](C[C@@H]1CCNC1=O)NC(=O)[C@H](Cc1cccnc1)NC(=O)OC(C)(C)C. The Labute approximate surface area is 181 Å². The highest BCUT2D eigenvalue weighted by Gasteiger charge is 2.34. The second kappa shape index (κ2) is 10.7. The molecule has 31 heavy (non-hydrogen) atoms. The molecule has 1 fully saturated rings. The van der Waals surface area contributed by atoms with Crippen LogP contribution in [0, 0.1) is 5.92 Å². The van der Waals surface area contributed by atoms with Gasteiger partial charge in [-0.1, -0.05) is 6.07 Å². The van der Waals surface area contributed by atoms with Crippen molar-refractivity contribution in [2.24, 2.45) is 5.92 Å². The van der Waals surface area contributed by atoms with Gasteiger partial charge in [0.15, 0.2) is 0 Å². The largest absolute Gasteiger partial charge is 0.467 e. The summed E-state index contributed by atoms with van der Waals surface area (Å²) in [6.07, 6.45) is 3.23. The number of ether oxygens (including phenoxy) is 2. The highest BCUT2D eigenvalue weighted by Crippen LogP contribution is 2.17. The molecule has 1 aliphatic heterocycles. The number of pyridine rings is 1. The van der Waals surface area contributed by atoms with Crippen molar-refractivity contribution in [2.75, 3.05) is 13.7 Å². The maximum absolute atomic E-state index is 13.0. The van der Waals surface area contributed by atoms with E-state index in [0.29, 0.717) is 18.5 Å². The summed E-state index contributed by atoms with van der Waals surface area (Å²) in [4.78, 5) is 53.5. The third kappa shape index (κ3) is 7.88. The summed E-state index contributed by atoms with van der Waals surface area (Å²) in [7, 11) is 1.21. The number of esters is 1. The van der Waals surface area contributed by atoms with Gasteiger partial charge >= 0.3 is 12.1 Å². The molecule has 10 nitrogen and oxygen atoms in total. The Morgan fingerprint density at radius 3 is 2.55 bits per heavy atom. The van der Waals surface area contributed by atoms with Gasteiger partial charge in [-0.25, -0.2) is 9.59 Å². The van der Waals surface area contributed by atoms with E-state index in [0.717, 1.165) is 0 Å². The highest BCUT2D eigenvalue weighted by molar-refractivity contribution is 5.90. The maximum Gasteiger partial charge on any atom is 0.408 e. The topological polar surface area (TPSA) is 136 Å². The molecule has 2 rings (SSSR count). The minimum absolute atomic E-state index is 0.107. The number of rotatable bonds is 8. The summed E-state index contributed by atoms with van der Waals surface area (Å²) < 4.78 is 10.1. The molecule has 1 saturated heterocycles. The first-order chi connectivity index (χ1) is 14.6. The molecule has 1 aliphatic rings. The molecule has 1 aromatic heterocycles. The molecular weight excluding hydrogens is 404 g/mol. The number of hydrogen-bond acceptors (Lipinski definition) is 7. The molecule has 3 amide bonds. The average molecular weight is 434 g/mol. The zero-order chi connectivity index (χ0) is 23.0. The molecule has 3 atom stereocenters. The summed E-state index contributed by atoms with van der Waals surface area (Å²) >= 11 is 0. The van der Waals surface area contributed by atoms with Gasteiger partial charge in [-0.3, -0.25) is 14.6 Å². The first kappa shape index (κ1) is 24.1. The Morgan fingerprint density at radius 2 is 2.00 bits per heavy atom. The molecule has 2 heterocycles. The Morgan fingerprint density at radius 1 is 1.26 bits per heavy atom. The Kier molecular flexibility index (Phi) is 8.35. The molecule has 0 saturated carbocycles. The fraction of sp³-hybridized carbons (Fsp3) is 0.571. The third-order valence-electron chi connectivity index (χ3n) is 4.66. The molecule has 1 aromatic rings. The Balaban J connectivity index is 2.14. The van der Waals surface area contributed by atoms with Gasteiger partial charge in [-0.05, 0) is 45.2 Å². The highest BCUT2D eigenvalue weighted by atomic mass is 16.6. The number of methoxy groups -OCH3 is 1. The molecular formula is C21H30N4O6. The van der Waals surface area contributed by atoms with Crippen molar-refractivity contribution in [1.29, 1.82) is 0 Å². The van der Waals surface area contributed by atoms with Crippen LogP contribution in [0.5, 0.6) is 0 Å². The number of aromatic nitrogens is 1. The van der Waals surface area contributed by atoms with Gasteiger partial charge in [0, 0.05) is 31.3 Å². The van der Waals surface area contributed by atoms with Crippen LogP contribution in [-0.2, 0) is 30.3 Å². The Hall–Kier alpha value is -3.17. The second-order valence-corrected chi connectivity index (χ2v) is 8.36. The maximum atomic E-state index is 13.0. The lowest BCUT2D eigenvalue weighted by Gasteiger charge is -2.25. The van der Waals surface area contributed by atoms with Gasteiger partial charge in [-0.15, -0.1) is 0 Å². The van der Waals surface area contributed by atoms with Crippen molar-refractivity contribution in [2.45, 2.75) is 57.7 Å². The van der Waals surface area contributed by atoms with Crippen molar-refractivity contribution in [3.63, 3.8) is 0 Å². The lowest BCUT2D eigenvalue weighted by molar-refractivity contribution is -0.146. The standard InChI is InChI=1S/C21H30N4O6/c1-21(2,3)31-20(29)25-15(10-13-6-5-8-22-12-13)18(27)24-16(19(28)30-4)11-14-7-9-23-17(14)26/h5-6,8,12,14-16H,7,9-11H2,1-4H3,(H,23,26)(H,24,27)(H,25,29)/t14-,15-,16-/m0/s1. The molecule has 0 radical (unpaired) electrons. The fourth-order valence-electron chi connectivity index (χ4n) is 3.20. The summed E-state index contributed by atoms with van der Waals surface area (Å²) in [5.74, 6) is -1.82. The summed E-state index contributed by atoms with van der Waals surface area (Å²) in [5, 5.41) is 7.88. The lowest BCUT2D eigenvalue weighted by atomic mass is 9.97. The summed E-state index contributed by atoms with van der Waals surface area (Å²) in [6, 6.07) is 1.44. The molecule has 0 unspecified atom stereocenters. The van der Waals surface area contributed by atoms with E-state index in [4.69, 9.17) is 9.47 Å². The van der Waals surface area contributed by atoms with Crippen LogP contribution in [0.15, 0.2) is 24.5 Å². The van der Waals surface area contributed by atoms with E-state index in [-0.39, 0.29) is 18.7 Å². The van der Waals surface area contributed by atoms with Crippen molar-refractivity contribution >= 4 is 23.9 Å². The number of hydrogen-bond donors (Lipinski definition) is 3. The van der Waals surface area contributed by atoms with Crippen LogP contribution in [0.3, 0.4) is 0 Å². The van der Waals surface area contributed by atoms with E-state index in [1.807, 2.05) is 0 Å². The van der Waals surface area contributed by atoms with Gasteiger partial charge in [0.25, 0.3) is 0 Å². The van der Waals surface area contributed by atoms with Gasteiger partial charge in [0.2, 0.25) is 11.8 Å².